The molecule has 1 atom stereocenters. The van der Waals surface area contributed by atoms with Crippen molar-refractivity contribution < 1.29 is 4.79 Å². The molecule has 2 rings (SSSR count). The van der Waals surface area contributed by atoms with Gasteiger partial charge >= 0.3 is 0 Å². The maximum atomic E-state index is 12.1. The molecule has 21 heavy (non-hydrogen) atoms. The molecule has 1 N–H and O–H groups in total. The molecule has 1 unspecified atom stereocenters. The molecule has 3 nitrogen and oxygen atoms in total. The van der Waals surface area contributed by atoms with Crippen LogP contribution in [0, 0.1) is 12.8 Å². The standard InChI is InChI=1S/C16H24N2OS.ClH/c1-13-4-3-5-14(8-13)11-20-12-16(19)18-7-6-15(10-18)9-17-2;/h3-5,8,15,17H,6-7,9-12H2,1-2H3;1H. The molecule has 5 heteroatoms. The fourth-order valence-corrected chi connectivity index (χ4v) is 3.54. The number of hydrogen-bond acceptors (Lipinski definition) is 3. The molecule has 0 saturated carbocycles. The van der Waals surface area contributed by atoms with Crippen molar-refractivity contribution in [3.05, 3.63) is 35.4 Å². The summed E-state index contributed by atoms with van der Waals surface area (Å²) in [5.41, 5.74) is 2.58. The molecule has 1 aliphatic heterocycles. The Bertz CT molecular complexity index is 456. The molecular weight excluding hydrogens is 304 g/mol. The zero-order valence-corrected chi connectivity index (χ0v) is 14.4. The number of nitrogens with zero attached hydrogens (tertiary/aromatic N) is 1. The van der Waals surface area contributed by atoms with E-state index in [1.165, 1.54) is 11.1 Å². The van der Waals surface area contributed by atoms with Gasteiger partial charge in [-0.3, -0.25) is 4.79 Å². The minimum atomic E-state index is 0. The Kier molecular flexibility index (Phi) is 8.15. The van der Waals surface area contributed by atoms with Crippen molar-refractivity contribution in [2.75, 3.05) is 32.4 Å². The van der Waals surface area contributed by atoms with Gasteiger partial charge in [-0.1, -0.05) is 29.8 Å². The number of amides is 1. The first-order chi connectivity index (χ1) is 9.69. The Labute approximate surface area is 138 Å². The number of thioether (sulfide) groups is 1. The van der Waals surface area contributed by atoms with E-state index in [0.717, 1.165) is 31.8 Å². The Morgan fingerprint density at radius 3 is 3.00 bits per heavy atom. The van der Waals surface area contributed by atoms with E-state index in [1.807, 2.05) is 11.9 Å². The third-order valence-electron chi connectivity index (χ3n) is 3.71. The van der Waals surface area contributed by atoms with Crippen molar-refractivity contribution in [1.29, 1.82) is 0 Å². The molecule has 1 saturated heterocycles. The van der Waals surface area contributed by atoms with E-state index in [1.54, 1.807) is 11.8 Å². The predicted octanol–water partition coefficient (Wildman–Crippen LogP) is 2.72. The lowest BCUT2D eigenvalue weighted by Gasteiger charge is -2.16. The summed E-state index contributed by atoms with van der Waals surface area (Å²) in [6, 6.07) is 8.50. The van der Waals surface area contributed by atoms with Crippen molar-refractivity contribution in [3.8, 4) is 0 Å². The van der Waals surface area contributed by atoms with E-state index in [-0.39, 0.29) is 12.4 Å². The lowest BCUT2D eigenvalue weighted by Crippen LogP contribution is -2.31. The van der Waals surface area contributed by atoms with Gasteiger partial charge < -0.3 is 10.2 Å². The summed E-state index contributed by atoms with van der Waals surface area (Å²) in [6.07, 6.45) is 1.13. The van der Waals surface area contributed by atoms with Gasteiger partial charge in [-0.15, -0.1) is 24.2 Å². The summed E-state index contributed by atoms with van der Waals surface area (Å²) < 4.78 is 0. The summed E-state index contributed by atoms with van der Waals surface area (Å²) in [4.78, 5) is 14.2. The smallest absolute Gasteiger partial charge is 0.232 e. The number of likely N-dealkylation sites (tertiary alicyclic amines) is 1. The van der Waals surface area contributed by atoms with Crippen LogP contribution in [0.4, 0.5) is 0 Å². The van der Waals surface area contributed by atoms with Crippen molar-refractivity contribution in [1.82, 2.24) is 10.2 Å². The number of aryl methyl sites for hydroxylation is 1. The number of hydrogen-bond donors (Lipinski definition) is 1. The van der Waals surface area contributed by atoms with Crippen molar-refractivity contribution >= 4 is 30.1 Å². The van der Waals surface area contributed by atoms with E-state index in [0.29, 0.717) is 17.6 Å². The largest absolute Gasteiger partial charge is 0.342 e. The Morgan fingerprint density at radius 2 is 2.29 bits per heavy atom. The van der Waals surface area contributed by atoms with Crippen LogP contribution in [0.3, 0.4) is 0 Å². The summed E-state index contributed by atoms with van der Waals surface area (Å²) in [5.74, 6) is 2.44. The van der Waals surface area contributed by atoms with Gasteiger partial charge in [-0.25, -0.2) is 0 Å². The number of carbonyl (C=O) groups excluding carboxylic acids is 1. The molecule has 0 bridgehead atoms. The zero-order chi connectivity index (χ0) is 14.4. The van der Waals surface area contributed by atoms with Crippen LogP contribution in [0.2, 0.25) is 0 Å². The highest BCUT2D eigenvalue weighted by atomic mass is 35.5. The maximum absolute atomic E-state index is 12.1. The molecule has 1 aromatic rings. The molecule has 1 aliphatic rings. The second-order valence-electron chi connectivity index (χ2n) is 5.53. The lowest BCUT2D eigenvalue weighted by molar-refractivity contribution is -0.127. The van der Waals surface area contributed by atoms with Gasteiger partial charge in [0.25, 0.3) is 0 Å². The molecule has 1 aromatic carbocycles. The van der Waals surface area contributed by atoms with Crippen LogP contribution >= 0.6 is 24.2 Å². The minimum absolute atomic E-state index is 0. The molecular formula is C16H25ClN2OS. The van der Waals surface area contributed by atoms with Crippen LogP contribution in [0.1, 0.15) is 17.5 Å². The minimum Gasteiger partial charge on any atom is -0.342 e. The maximum Gasteiger partial charge on any atom is 0.232 e. The molecule has 0 aromatic heterocycles. The number of nitrogens with one attached hydrogen (secondary N) is 1. The van der Waals surface area contributed by atoms with E-state index >= 15 is 0 Å². The van der Waals surface area contributed by atoms with Crippen LogP contribution in [0.15, 0.2) is 24.3 Å². The number of rotatable bonds is 6. The van der Waals surface area contributed by atoms with Gasteiger partial charge in [-0.05, 0) is 38.4 Å². The lowest BCUT2D eigenvalue weighted by atomic mass is 10.1. The summed E-state index contributed by atoms with van der Waals surface area (Å²) in [6.45, 7) is 4.96. The van der Waals surface area contributed by atoms with E-state index in [9.17, 15) is 4.79 Å². The molecule has 0 spiro atoms. The van der Waals surface area contributed by atoms with Gasteiger partial charge in [0, 0.05) is 18.8 Å². The van der Waals surface area contributed by atoms with Crippen molar-refractivity contribution in [2.24, 2.45) is 5.92 Å². The number of benzene rings is 1. The molecule has 1 amide bonds. The normalized spacial score (nSPS) is 17.6. The summed E-state index contributed by atoms with van der Waals surface area (Å²) >= 11 is 1.72. The topological polar surface area (TPSA) is 32.3 Å². The monoisotopic (exact) mass is 328 g/mol. The first-order valence-electron chi connectivity index (χ1n) is 7.24. The van der Waals surface area contributed by atoms with Gasteiger partial charge in [0.2, 0.25) is 5.91 Å². The second kappa shape index (κ2) is 9.34. The van der Waals surface area contributed by atoms with E-state index in [2.05, 4.69) is 36.5 Å². The van der Waals surface area contributed by atoms with E-state index in [4.69, 9.17) is 0 Å². The predicted molar refractivity (Wildman–Crippen MR) is 93.2 cm³/mol. The highest BCUT2D eigenvalue weighted by molar-refractivity contribution is 7.99. The fraction of sp³-hybridized carbons (Fsp3) is 0.562. The summed E-state index contributed by atoms with van der Waals surface area (Å²) in [7, 11) is 1.97. The van der Waals surface area contributed by atoms with Crippen molar-refractivity contribution in [3.63, 3.8) is 0 Å². The van der Waals surface area contributed by atoms with Gasteiger partial charge in [-0.2, -0.15) is 0 Å². The molecule has 118 valence electrons. The average molecular weight is 329 g/mol. The van der Waals surface area contributed by atoms with Gasteiger partial charge in [0.1, 0.15) is 0 Å². The third-order valence-corrected chi connectivity index (χ3v) is 4.70. The van der Waals surface area contributed by atoms with Crippen LogP contribution in [0.5, 0.6) is 0 Å². The molecule has 0 aliphatic carbocycles. The van der Waals surface area contributed by atoms with Crippen LogP contribution in [-0.4, -0.2) is 43.2 Å². The average Bonchev–Trinajstić information content (AvgIpc) is 2.88. The quantitative estimate of drug-likeness (QED) is 0.871. The first-order valence-corrected chi connectivity index (χ1v) is 8.40. The molecule has 0 radical (unpaired) electrons. The zero-order valence-electron chi connectivity index (χ0n) is 12.8. The number of halogens is 1. The third kappa shape index (κ3) is 5.89. The van der Waals surface area contributed by atoms with Gasteiger partial charge in [0.15, 0.2) is 0 Å². The second-order valence-corrected chi connectivity index (χ2v) is 6.52. The molecule has 1 heterocycles. The SMILES string of the molecule is CNCC1CCN(C(=O)CSCc2cccc(C)c2)C1.Cl. The Morgan fingerprint density at radius 1 is 1.48 bits per heavy atom. The van der Waals surface area contributed by atoms with Crippen LogP contribution < -0.4 is 5.32 Å². The van der Waals surface area contributed by atoms with Crippen LogP contribution in [0.25, 0.3) is 0 Å². The Hall–Kier alpha value is -0.710. The first kappa shape index (κ1) is 18.3. The summed E-state index contributed by atoms with van der Waals surface area (Å²) in [5, 5.41) is 3.20. The van der Waals surface area contributed by atoms with E-state index < -0.39 is 0 Å². The Balaban J connectivity index is 0.00000220. The van der Waals surface area contributed by atoms with Gasteiger partial charge in [0.05, 0.1) is 5.75 Å². The number of carbonyl (C=O) groups is 1. The highest BCUT2D eigenvalue weighted by Crippen LogP contribution is 2.18. The van der Waals surface area contributed by atoms with Crippen molar-refractivity contribution in [2.45, 2.75) is 19.1 Å². The highest BCUT2D eigenvalue weighted by Gasteiger charge is 2.25. The molecule has 1 fully saturated rings. The fourth-order valence-electron chi connectivity index (χ4n) is 2.66. The van der Waals surface area contributed by atoms with Crippen LogP contribution in [-0.2, 0) is 10.5 Å².